The Bertz CT molecular complexity index is 1690. The maximum atomic E-state index is 14.5. The van der Waals surface area contributed by atoms with Crippen molar-refractivity contribution in [3.63, 3.8) is 0 Å². The molecule has 0 unspecified atom stereocenters. The molecule has 1 heterocycles. The maximum Gasteiger partial charge on any atom is 0.247 e. The molecule has 14 heteroatoms. The predicted molar refractivity (Wildman–Crippen MR) is 237 cm³/mol. The van der Waals surface area contributed by atoms with E-state index in [4.69, 9.17) is 15.2 Å². The van der Waals surface area contributed by atoms with Crippen molar-refractivity contribution in [2.75, 3.05) is 53.0 Å². The standard InChI is InChI=1S/C46H73N7O7/c1-13-30(6)41(52(10)46(58)40(29(4)5)51(9)45(57)39(48-8)28(2)3)37(59-11)27-38(54)53-25-17-20-36(53)42(60-12)31(7)43(55)50-35(26-32-18-15-14-16-19-32)44(56)49-34-23-21-33(47)22-24-34/h14-16,18-19,21-24,28-31,35-37,39-42,48H,13,17,20,25-27,47H2,1-12H3,(H,49,56)(H,50,55)/t30-,31+,35-,36-,37+,39-,40-,41-,42+/m0/s1. The van der Waals surface area contributed by atoms with Crippen LogP contribution in [-0.2, 0) is 39.9 Å². The van der Waals surface area contributed by atoms with Crippen LogP contribution in [0.25, 0.3) is 0 Å². The highest BCUT2D eigenvalue weighted by atomic mass is 16.5. The molecule has 9 atom stereocenters. The highest BCUT2D eigenvalue weighted by molar-refractivity contribution is 5.98. The number of anilines is 2. The lowest BCUT2D eigenvalue weighted by molar-refractivity contribution is -0.153. The number of rotatable bonds is 22. The highest BCUT2D eigenvalue weighted by Crippen LogP contribution is 2.30. The Morgan fingerprint density at radius 2 is 1.48 bits per heavy atom. The van der Waals surface area contributed by atoms with E-state index < -0.39 is 48.3 Å². The molecule has 3 rings (SSSR count). The number of nitrogens with zero attached hydrogens (tertiary/aromatic N) is 3. The van der Waals surface area contributed by atoms with Crippen molar-refractivity contribution in [2.45, 2.75) is 123 Å². The van der Waals surface area contributed by atoms with Gasteiger partial charge >= 0.3 is 0 Å². The summed E-state index contributed by atoms with van der Waals surface area (Å²) in [6.45, 7) is 14.1. The van der Waals surface area contributed by atoms with E-state index in [9.17, 15) is 24.0 Å². The number of hydrogen-bond acceptors (Lipinski definition) is 9. The summed E-state index contributed by atoms with van der Waals surface area (Å²) in [4.78, 5) is 75.2. The van der Waals surface area contributed by atoms with Gasteiger partial charge in [-0.15, -0.1) is 0 Å². The molecule has 0 spiro atoms. The van der Waals surface area contributed by atoms with E-state index in [1.807, 2.05) is 71.9 Å². The van der Waals surface area contributed by atoms with Crippen LogP contribution >= 0.6 is 0 Å². The van der Waals surface area contributed by atoms with Gasteiger partial charge in [0.2, 0.25) is 29.5 Å². The van der Waals surface area contributed by atoms with E-state index in [2.05, 4.69) is 16.0 Å². The molecule has 0 aliphatic carbocycles. The number of carbonyl (C=O) groups is 5. The third kappa shape index (κ3) is 12.7. The van der Waals surface area contributed by atoms with Crippen LogP contribution in [0.3, 0.4) is 0 Å². The summed E-state index contributed by atoms with van der Waals surface area (Å²) >= 11 is 0. The molecule has 14 nitrogen and oxygen atoms in total. The van der Waals surface area contributed by atoms with Gasteiger partial charge in [0.15, 0.2) is 0 Å². The van der Waals surface area contributed by atoms with Crippen molar-refractivity contribution < 1.29 is 33.4 Å². The zero-order chi connectivity index (χ0) is 44.8. The Balaban J connectivity index is 1.82. The van der Waals surface area contributed by atoms with Gasteiger partial charge in [-0.1, -0.05) is 85.2 Å². The van der Waals surface area contributed by atoms with Crippen molar-refractivity contribution in [3.05, 3.63) is 60.2 Å². The number of likely N-dealkylation sites (tertiary alicyclic amines) is 1. The molecule has 0 saturated carbocycles. The fraction of sp³-hybridized carbons (Fsp3) is 0.630. The van der Waals surface area contributed by atoms with Crippen molar-refractivity contribution in [3.8, 4) is 0 Å². The van der Waals surface area contributed by atoms with E-state index in [0.29, 0.717) is 24.3 Å². The Labute approximate surface area is 358 Å². The number of nitrogens with one attached hydrogen (secondary N) is 3. The van der Waals surface area contributed by atoms with E-state index in [0.717, 1.165) is 18.4 Å². The topological polar surface area (TPSA) is 176 Å². The summed E-state index contributed by atoms with van der Waals surface area (Å²) in [5.41, 5.74) is 7.83. The molecule has 0 bridgehead atoms. The number of nitrogens with two attached hydrogens (primary N) is 1. The predicted octanol–water partition coefficient (Wildman–Crippen LogP) is 4.58. The lowest BCUT2D eigenvalue weighted by Crippen LogP contribution is -2.60. The average molecular weight is 836 g/mol. The van der Waals surface area contributed by atoms with E-state index >= 15 is 0 Å². The van der Waals surface area contributed by atoms with Crippen molar-refractivity contribution in [1.29, 1.82) is 0 Å². The molecular formula is C46H73N7O7. The number of nitrogen functional groups attached to an aromatic ring is 1. The summed E-state index contributed by atoms with van der Waals surface area (Å²) in [5, 5.41) is 8.98. The number of benzene rings is 2. The van der Waals surface area contributed by atoms with Crippen LogP contribution < -0.4 is 21.7 Å². The van der Waals surface area contributed by atoms with Crippen LogP contribution in [0.5, 0.6) is 0 Å². The molecule has 5 amide bonds. The van der Waals surface area contributed by atoms with Crippen molar-refractivity contribution in [1.82, 2.24) is 25.3 Å². The van der Waals surface area contributed by atoms with Gasteiger partial charge in [-0.3, -0.25) is 24.0 Å². The Morgan fingerprint density at radius 3 is 2.02 bits per heavy atom. The molecule has 334 valence electrons. The number of methoxy groups -OCH3 is 2. The zero-order valence-corrected chi connectivity index (χ0v) is 38.1. The van der Waals surface area contributed by atoms with Gasteiger partial charge in [0.05, 0.1) is 42.7 Å². The first-order valence-electron chi connectivity index (χ1n) is 21.5. The number of likely N-dealkylation sites (N-methyl/N-ethyl adjacent to an activating group) is 3. The molecule has 1 aliphatic rings. The quantitative estimate of drug-likeness (QED) is 0.124. The minimum absolute atomic E-state index is 0.00259. The van der Waals surface area contributed by atoms with Gasteiger partial charge in [-0.05, 0) is 67.5 Å². The van der Waals surface area contributed by atoms with Crippen LogP contribution in [0.15, 0.2) is 54.6 Å². The second-order valence-electron chi connectivity index (χ2n) is 17.1. The van der Waals surface area contributed by atoms with Gasteiger partial charge in [-0.2, -0.15) is 0 Å². The number of ether oxygens (including phenoxy) is 2. The maximum absolute atomic E-state index is 14.5. The minimum Gasteiger partial charge on any atom is -0.399 e. The molecule has 0 radical (unpaired) electrons. The van der Waals surface area contributed by atoms with Crippen LogP contribution in [0.2, 0.25) is 0 Å². The minimum atomic E-state index is -0.897. The summed E-state index contributed by atoms with van der Waals surface area (Å²) < 4.78 is 12.1. The fourth-order valence-electron chi connectivity index (χ4n) is 8.67. The Kier molecular flexibility index (Phi) is 19.5. The summed E-state index contributed by atoms with van der Waals surface area (Å²) in [6.07, 6.45) is 0.998. The largest absolute Gasteiger partial charge is 0.399 e. The van der Waals surface area contributed by atoms with Gasteiger partial charge in [0, 0.05) is 52.7 Å². The smallest absolute Gasteiger partial charge is 0.247 e. The molecule has 2 aromatic carbocycles. The monoisotopic (exact) mass is 836 g/mol. The van der Waals surface area contributed by atoms with Gasteiger partial charge in [0.1, 0.15) is 12.1 Å². The Hall–Kier alpha value is -4.53. The van der Waals surface area contributed by atoms with E-state index in [1.165, 1.54) is 7.11 Å². The second kappa shape index (κ2) is 23.5. The van der Waals surface area contributed by atoms with Crippen LogP contribution in [0.4, 0.5) is 11.4 Å². The molecule has 1 fully saturated rings. The van der Waals surface area contributed by atoms with Crippen molar-refractivity contribution >= 4 is 40.9 Å². The average Bonchev–Trinajstić information content (AvgIpc) is 3.71. The fourth-order valence-corrected chi connectivity index (χ4v) is 8.67. The van der Waals surface area contributed by atoms with E-state index in [-0.39, 0.29) is 60.1 Å². The SMILES string of the molecule is CC[C@H](C)[C@@H]([C@@H](CC(=O)N1CCC[C@H]1[C@H](OC)[C@@H](C)C(=O)N[C@@H](Cc1ccccc1)C(=O)Nc1ccc(N)cc1)OC)N(C)C(=O)[C@H](C(C)C)N(C)C(=O)[C@@H](NC)C(C)C. The molecule has 1 saturated heterocycles. The lowest BCUT2D eigenvalue weighted by atomic mass is 9.89. The molecule has 1 aliphatic heterocycles. The first-order chi connectivity index (χ1) is 28.4. The number of amides is 5. The third-order valence-corrected chi connectivity index (χ3v) is 12.2. The summed E-state index contributed by atoms with van der Waals surface area (Å²) in [7, 11) is 8.26. The van der Waals surface area contributed by atoms with Gasteiger partial charge in [-0.25, -0.2) is 0 Å². The van der Waals surface area contributed by atoms with Crippen LogP contribution in [0.1, 0.15) is 79.7 Å². The molecule has 5 N–H and O–H groups in total. The molecule has 60 heavy (non-hydrogen) atoms. The third-order valence-electron chi connectivity index (χ3n) is 12.2. The molecule has 2 aromatic rings. The van der Waals surface area contributed by atoms with Crippen LogP contribution in [-0.4, -0.2) is 129 Å². The summed E-state index contributed by atoms with van der Waals surface area (Å²) in [5.74, 6) is -2.22. The number of carbonyl (C=O) groups excluding carboxylic acids is 5. The summed E-state index contributed by atoms with van der Waals surface area (Å²) in [6, 6.07) is 13.3. The van der Waals surface area contributed by atoms with Crippen molar-refractivity contribution in [2.24, 2.45) is 23.7 Å². The first kappa shape index (κ1) is 49.8. The first-order valence-corrected chi connectivity index (χ1v) is 21.5. The molecule has 0 aromatic heterocycles. The normalized spacial score (nSPS) is 18.2. The molecular weight excluding hydrogens is 763 g/mol. The number of hydrogen-bond donors (Lipinski definition) is 4. The van der Waals surface area contributed by atoms with E-state index in [1.54, 1.807) is 74.1 Å². The van der Waals surface area contributed by atoms with Crippen LogP contribution in [0, 0.1) is 23.7 Å². The second-order valence-corrected chi connectivity index (χ2v) is 17.1. The lowest BCUT2D eigenvalue weighted by Gasteiger charge is -2.42. The highest BCUT2D eigenvalue weighted by Gasteiger charge is 2.44. The Morgan fingerprint density at radius 1 is 0.850 bits per heavy atom. The van der Waals surface area contributed by atoms with Gasteiger partial charge < -0.3 is 45.9 Å². The zero-order valence-electron chi connectivity index (χ0n) is 38.1. The van der Waals surface area contributed by atoms with Gasteiger partial charge in [0.25, 0.3) is 0 Å².